The molecule has 2 aromatic carbocycles. The Morgan fingerprint density at radius 2 is 1.12 bits per heavy atom. The van der Waals surface area contributed by atoms with Gasteiger partial charge in [-0.3, -0.25) is 9.59 Å². The molecule has 2 aromatic heterocycles. The zero-order valence-corrected chi connectivity index (χ0v) is 30.0. The number of benzene rings is 2. The van der Waals surface area contributed by atoms with Crippen molar-refractivity contribution in [1.29, 1.82) is 0 Å². The molecule has 0 fully saturated rings. The van der Waals surface area contributed by atoms with E-state index in [0.29, 0.717) is 24.7 Å². The smallest absolute Gasteiger partial charge is 0.407 e. The molecule has 51 heavy (non-hydrogen) atoms. The van der Waals surface area contributed by atoms with E-state index in [9.17, 15) is 19.2 Å². The van der Waals surface area contributed by atoms with Crippen LogP contribution in [0.5, 0.6) is 0 Å². The number of aromatic nitrogens is 4. The molecule has 1 aliphatic rings. The summed E-state index contributed by atoms with van der Waals surface area (Å²) in [6.45, 7) is 9.73. The van der Waals surface area contributed by atoms with Gasteiger partial charge in [0, 0.05) is 18.5 Å². The molecule has 0 unspecified atom stereocenters. The number of H-pyrrole nitrogens is 2. The average Bonchev–Trinajstić information content (AvgIpc) is 3.86. The number of imidazole rings is 2. The molecule has 270 valence electrons. The average molecular weight is 699 g/mol. The van der Waals surface area contributed by atoms with Gasteiger partial charge in [-0.05, 0) is 58.4 Å². The van der Waals surface area contributed by atoms with Crippen LogP contribution in [0.25, 0.3) is 33.6 Å². The molecule has 2 heterocycles. The molecule has 0 saturated heterocycles. The van der Waals surface area contributed by atoms with Crippen molar-refractivity contribution in [2.24, 2.45) is 0 Å². The Bertz CT molecular complexity index is 1760. The molecular weight excluding hydrogens is 652 g/mol. The predicted molar refractivity (Wildman–Crippen MR) is 191 cm³/mol. The van der Waals surface area contributed by atoms with Crippen molar-refractivity contribution in [3.8, 4) is 33.6 Å². The largest absolute Gasteiger partial charge is 0.453 e. The molecule has 5 rings (SSSR count). The number of aromatic amines is 2. The van der Waals surface area contributed by atoms with Gasteiger partial charge >= 0.3 is 12.2 Å². The molecule has 4 amide bonds. The van der Waals surface area contributed by atoms with E-state index in [-0.39, 0.29) is 43.4 Å². The van der Waals surface area contributed by atoms with Gasteiger partial charge in [0.2, 0.25) is 11.8 Å². The van der Waals surface area contributed by atoms with Crippen LogP contribution in [0.15, 0.2) is 48.8 Å². The van der Waals surface area contributed by atoms with Crippen LogP contribution in [0.1, 0.15) is 63.3 Å². The number of nitrogens with zero attached hydrogens (tertiary/aromatic N) is 4. The van der Waals surface area contributed by atoms with Crippen molar-refractivity contribution in [2.45, 2.75) is 59.0 Å². The minimum atomic E-state index is -0.652. The maximum atomic E-state index is 12.8. The lowest BCUT2D eigenvalue weighted by atomic mass is 9.81. The van der Waals surface area contributed by atoms with Crippen molar-refractivity contribution in [2.75, 3.05) is 40.4 Å². The number of ether oxygens (including phenoxy) is 2. The van der Waals surface area contributed by atoms with Gasteiger partial charge in [0.25, 0.3) is 0 Å². The summed E-state index contributed by atoms with van der Waals surface area (Å²) in [4.78, 5) is 67.7. The fourth-order valence-electron chi connectivity index (χ4n) is 6.40. The molecule has 0 bridgehead atoms. The van der Waals surface area contributed by atoms with E-state index < -0.39 is 12.2 Å². The molecule has 4 N–H and O–H groups in total. The maximum Gasteiger partial charge on any atom is 0.407 e. The van der Waals surface area contributed by atoms with Crippen LogP contribution in [0.3, 0.4) is 0 Å². The Balaban J connectivity index is 1.31. The highest BCUT2D eigenvalue weighted by Crippen LogP contribution is 2.50. The summed E-state index contributed by atoms with van der Waals surface area (Å²) < 4.78 is 9.16. The minimum absolute atomic E-state index is 0.153. The standard InChI is InChI=1S/C37H46N8O6/c1-7-13-44(33(46)19-40-35(48)50-5)21-31-38-17-29(42-31)23-9-11-25-26-12-10-24(16-28(26)37(3,4)27(25)15-23)30-18-39-32(43-30)22-45(14-8-2)34(47)20-41-36(49)51-6/h9-12,15-18H,7-8,13-14,19-22H2,1-6H3,(H,38,42)(H,39,43)(H,40,48)(H,41,49). The molecule has 0 aliphatic heterocycles. The first-order valence-corrected chi connectivity index (χ1v) is 17.1. The molecular formula is C37H46N8O6. The van der Waals surface area contributed by atoms with Crippen LogP contribution in [0.2, 0.25) is 0 Å². The van der Waals surface area contributed by atoms with E-state index >= 15 is 0 Å². The lowest BCUT2D eigenvalue weighted by Crippen LogP contribution is -2.40. The number of hydrogen-bond acceptors (Lipinski definition) is 8. The highest BCUT2D eigenvalue weighted by molar-refractivity contribution is 5.85. The summed E-state index contributed by atoms with van der Waals surface area (Å²) in [5.41, 5.74) is 8.10. The second-order valence-electron chi connectivity index (χ2n) is 13.0. The van der Waals surface area contributed by atoms with Gasteiger partial charge in [0.1, 0.15) is 24.7 Å². The van der Waals surface area contributed by atoms with E-state index in [4.69, 9.17) is 0 Å². The first-order chi connectivity index (χ1) is 24.5. The number of fused-ring (bicyclic) bond motifs is 3. The Labute approximate surface area is 297 Å². The van der Waals surface area contributed by atoms with E-state index in [1.807, 2.05) is 13.8 Å². The SMILES string of the molecule is CCCN(Cc1ncc(-c2ccc3c(c2)C(C)(C)c2cc(-c4cnc(CN(CCC)C(=O)CNC(=O)OC)[nH]4)ccc2-3)[nH]1)C(=O)CNC(=O)OC. The monoisotopic (exact) mass is 698 g/mol. The predicted octanol–water partition coefficient (Wildman–Crippen LogP) is 4.96. The number of amides is 4. The highest BCUT2D eigenvalue weighted by atomic mass is 16.5. The summed E-state index contributed by atoms with van der Waals surface area (Å²) in [7, 11) is 2.51. The number of carbonyl (C=O) groups excluding carboxylic acids is 4. The molecule has 1 aliphatic carbocycles. The Morgan fingerprint density at radius 1 is 0.706 bits per heavy atom. The summed E-state index contributed by atoms with van der Waals surface area (Å²) in [6.07, 6.45) is 3.79. The summed E-state index contributed by atoms with van der Waals surface area (Å²) in [5.74, 6) is 0.858. The van der Waals surface area contributed by atoms with Crippen LogP contribution >= 0.6 is 0 Å². The molecule has 14 nitrogen and oxygen atoms in total. The van der Waals surface area contributed by atoms with Crippen molar-refractivity contribution in [3.05, 3.63) is 71.6 Å². The number of methoxy groups -OCH3 is 2. The van der Waals surface area contributed by atoms with Gasteiger partial charge in [-0.15, -0.1) is 0 Å². The minimum Gasteiger partial charge on any atom is -0.453 e. The van der Waals surface area contributed by atoms with Gasteiger partial charge in [0.15, 0.2) is 0 Å². The summed E-state index contributed by atoms with van der Waals surface area (Å²) >= 11 is 0. The summed E-state index contributed by atoms with van der Waals surface area (Å²) in [6, 6.07) is 12.8. The number of hydrogen-bond donors (Lipinski definition) is 4. The van der Waals surface area contributed by atoms with Crippen molar-refractivity contribution < 1.29 is 28.7 Å². The number of rotatable bonds is 14. The van der Waals surface area contributed by atoms with Gasteiger partial charge in [0.05, 0.1) is 51.1 Å². The molecule has 4 aromatic rings. The van der Waals surface area contributed by atoms with Crippen LogP contribution in [-0.4, -0.2) is 94.1 Å². The summed E-state index contributed by atoms with van der Waals surface area (Å²) in [5, 5.41) is 4.90. The van der Waals surface area contributed by atoms with Crippen LogP contribution in [-0.2, 0) is 37.6 Å². The Hall–Kier alpha value is -5.66. The van der Waals surface area contributed by atoms with E-state index in [1.165, 1.54) is 36.5 Å². The Morgan fingerprint density at radius 3 is 1.49 bits per heavy atom. The van der Waals surface area contributed by atoms with Gasteiger partial charge in [-0.2, -0.15) is 0 Å². The molecule has 0 radical (unpaired) electrons. The van der Waals surface area contributed by atoms with Crippen molar-refractivity contribution in [1.82, 2.24) is 40.4 Å². The number of carbonyl (C=O) groups is 4. The molecule has 14 heteroatoms. The number of alkyl carbamates (subject to hydrolysis) is 2. The second kappa shape index (κ2) is 15.9. The maximum absolute atomic E-state index is 12.8. The molecule has 0 spiro atoms. The van der Waals surface area contributed by atoms with Crippen LogP contribution in [0, 0.1) is 0 Å². The topological polar surface area (TPSA) is 175 Å². The fourth-order valence-corrected chi connectivity index (χ4v) is 6.40. The lowest BCUT2D eigenvalue weighted by molar-refractivity contribution is -0.131. The third kappa shape index (κ3) is 8.22. The second-order valence-corrected chi connectivity index (χ2v) is 13.0. The zero-order valence-electron chi connectivity index (χ0n) is 30.0. The molecule has 0 atom stereocenters. The lowest BCUT2D eigenvalue weighted by Gasteiger charge is -2.22. The van der Waals surface area contributed by atoms with E-state index in [0.717, 1.165) is 35.4 Å². The number of nitrogens with one attached hydrogen (secondary N) is 4. The van der Waals surface area contributed by atoms with Crippen molar-refractivity contribution >= 4 is 24.0 Å². The van der Waals surface area contributed by atoms with Gasteiger partial charge in [-0.1, -0.05) is 52.0 Å². The van der Waals surface area contributed by atoms with E-state index in [1.54, 1.807) is 22.2 Å². The third-order valence-electron chi connectivity index (χ3n) is 9.07. The first-order valence-electron chi connectivity index (χ1n) is 17.1. The van der Waals surface area contributed by atoms with Crippen molar-refractivity contribution in [3.63, 3.8) is 0 Å². The van der Waals surface area contributed by atoms with Crippen LogP contribution < -0.4 is 10.6 Å². The third-order valence-corrected chi connectivity index (χ3v) is 9.07. The van der Waals surface area contributed by atoms with Gasteiger partial charge in [-0.25, -0.2) is 19.6 Å². The van der Waals surface area contributed by atoms with Crippen LogP contribution in [0.4, 0.5) is 9.59 Å². The van der Waals surface area contributed by atoms with E-state index in [2.05, 4.69) is 90.3 Å². The zero-order chi connectivity index (χ0) is 36.7. The van der Waals surface area contributed by atoms with Gasteiger partial charge < -0.3 is 39.9 Å². The fraction of sp³-hybridized carbons (Fsp3) is 0.405. The molecule has 0 saturated carbocycles. The quantitative estimate of drug-likeness (QED) is 0.143. The highest BCUT2D eigenvalue weighted by Gasteiger charge is 2.36. The normalized spacial score (nSPS) is 12.4. The first kappa shape index (κ1) is 36.6. The Kier molecular flexibility index (Phi) is 11.4.